The first kappa shape index (κ1) is 32.0. The van der Waals surface area contributed by atoms with E-state index in [4.69, 9.17) is 16.3 Å². The number of nitrogens with zero attached hydrogens (tertiary/aromatic N) is 2. The Morgan fingerprint density at radius 3 is 2.29 bits per heavy atom. The van der Waals surface area contributed by atoms with E-state index < -0.39 is 28.5 Å². The summed E-state index contributed by atoms with van der Waals surface area (Å²) in [6.45, 7) is 9.10. The molecule has 0 heterocycles. The van der Waals surface area contributed by atoms with Crippen molar-refractivity contribution in [2.75, 3.05) is 17.5 Å². The number of para-hydroxylation sites is 2. The molecule has 0 unspecified atom stereocenters. The van der Waals surface area contributed by atoms with Gasteiger partial charge in [-0.2, -0.15) is 0 Å². The maximum Gasteiger partial charge on any atom is 0.264 e. The van der Waals surface area contributed by atoms with Gasteiger partial charge in [0.05, 0.1) is 17.2 Å². The molecule has 0 saturated heterocycles. The summed E-state index contributed by atoms with van der Waals surface area (Å²) in [5, 5.41) is 3.32. The fourth-order valence-electron chi connectivity index (χ4n) is 4.24. The number of carbonyl (C=O) groups is 2. The minimum atomic E-state index is -4.24. The molecule has 0 aliphatic rings. The maximum absolute atomic E-state index is 14.1. The summed E-state index contributed by atoms with van der Waals surface area (Å²) in [5.41, 5.74) is 2.04. The zero-order chi connectivity index (χ0) is 30.2. The van der Waals surface area contributed by atoms with Crippen LogP contribution in [0.4, 0.5) is 5.69 Å². The lowest BCUT2D eigenvalue weighted by molar-refractivity contribution is -0.139. The highest BCUT2D eigenvalue weighted by molar-refractivity contribution is 7.92. The highest BCUT2D eigenvalue weighted by Gasteiger charge is 2.34. The average molecular weight is 600 g/mol. The van der Waals surface area contributed by atoms with Gasteiger partial charge in [-0.15, -0.1) is 0 Å². The number of nitrogens with one attached hydrogen (secondary N) is 1. The summed E-state index contributed by atoms with van der Waals surface area (Å²) >= 11 is 6.02. The van der Waals surface area contributed by atoms with E-state index in [1.807, 2.05) is 45.0 Å². The monoisotopic (exact) mass is 599 g/mol. The first-order valence-corrected chi connectivity index (χ1v) is 15.4. The van der Waals surface area contributed by atoms with E-state index in [0.717, 1.165) is 21.9 Å². The topological polar surface area (TPSA) is 96.0 Å². The lowest BCUT2D eigenvalue weighted by Crippen LogP contribution is -2.52. The van der Waals surface area contributed by atoms with Crippen molar-refractivity contribution in [2.45, 2.75) is 64.6 Å². The van der Waals surface area contributed by atoms with Crippen LogP contribution in [-0.2, 0) is 26.2 Å². The van der Waals surface area contributed by atoms with Crippen LogP contribution in [-0.4, -0.2) is 50.4 Å². The summed E-state index contributed by atoms with van der Waals surface area (Å²) in [5.74, 6) is -0.544. The molecular weight excluding hydrogens is 562 g/mol. The molecular formula is C31H38ClN3O5S. The molecule has 0 fully saturated rings. The molecule has 3 aromatic rings. The van der Waals surface area contributed by atoms with Gasteiger partial charge in [0.2, 0.25) is 11.8 Å². The van der Waals surface area contributed by atoms with Gasteiger partial charge in [-0.3, -0.25) is 13.9 Å². The molecule has 8 nitrogen and oxygen atoms in total. The van der Waals surface area contributed by atoms with Crippen LogP contribution in [0.5, 0.6) is 5.75 Å². The van der Waals surface area contributed by atoms with Crippen LogP contribution in [0, 0.1) is 6.92 Å². The summed E-state index contributed by atoms with van der Waals surface area (Å²) < 4.78 is 34.8. The van der Waals surface area contributed by atoms with Gasteiger partial charge in [0.25, 0.3) is 10.0 Å². The largest absolute Gasteiger partial charge is 0.492 e. The summed E-state index contributed by atoms with van der Waals surface area (Å²) in [7, 11) is -4.24. The van der Waals surface area contributed by atoms with Gasteiger partial charge in [-0.25, -0.2) is 8.42 Å². The van der Waals surface area contributed by atoms with Gasteiger partial charge in [0.15, 0.2) is 0 Å². The summed E-state index contributed by atoms with van der Waals surface area (Å²) in [6.07, 6.45) is 0.728. The number of amides is 2. The lowest BCUT2D eigenvalue weighted by Gasteiger charge is -2.33. The predicted molar refractivity (Wildman–Crippen MR) is 163 cm³/mol. The van der Waals surface area contributed by atoms with Crippen LogP contribution in [0.2, 0.25) is 5.02 Å². The van der Waals surface area contributed by atoms with Crippen molar-refractivity contribution in [2.24, 2.45) is 0 Å². The molecule has 0 spiro atoms. The van der Waals surface area contributed by atoms with Gasteiger partial charge in [-0.1, -0.05) is 60.5 Å². The van der Waals surface area contributed by atoms with E-state index >= 15 is 0 Å². The van der Waals surface area contributed by atoms with E-state index in [2.05, 4.69) is 5.32 Å². The zero-order valence-electron chi connectivity index (χ0n) is 24.1. The molecule has 0 bridgehead atoms. The Hall–Kier alpha value is -3.56. The minimum absolute atomic E-state index is 0.0335. The van der Waals surface area contributed by atoms with E-state index in [1.165, 1.54) is 29.2 Å². The van der Waals surface area contributed by atoms with Crippen LogP contribution in [0.3, 0.4) is 0 Å². The number of anilines is 1. The van der Waals surface area contributed by atoms with E-state index in [0.29, 0.717) is 17.4 Å². The number of hydrogen-bond acceptors (Lipinski definition) is 5. The van der Waals surface area contributed by atoms with E-state index in [-0.39, 0.29) is 29.1 Å². The normalized spacial score (nSPS) is 12.7. The van der Waals surface area contributed by atoms with Gasteiger partial charge < -0.3 is 15.0 Å². The SMILES string of the molecule is CCOc1ccccc1N(CC(=O)N(Cc1cccc(C)c1)[C@H](C)C(=O)N[C@@H](C)CC)S(=O)(=O)c1ccc(Cl)cc1. The molecule has 0 aliphatic heterocycles. The predicted octanol–water partition coefficient (Wildman–Crippen LogP) is 5.57. The first-order chi connectivity index (χ1) is 19.5. The highest BCUT2D eigenvalue weighted by atomic mass is 35.5. The summed E-state index contributed by atoms with van der Waals surface area (Å²) in [6, 6.07) is 19.1. The molecule has 2 amide bonds. The molecule has 3 rings (SSSR count). The van der Waals surface area contributed by atoms with Crippen LogP contribution < -0.4 is 14.4 Å². The lowest BCUT2D eigenvalue weighted by atomic mass is 10.1. The Balaban J connectivity index is 2.08. The Bertz CT molecular complexity index is 1450. The number of carbonyl (C=O) groups excluding carboxylic acids is 2. The van der Waals surface area contributed by atoms with Crippen molar-refractivity contribution < 1.29 is 22.7 Å². The van der Waals surface area contributed by atoms with Crippen LogP contribution in [0.1, 0.15) is 45.2 Å². The van der Waals surface area contributed by atoms with Crippen LogP contribution >= 0.6 is 11.6 Å². The minimum Gasteiger partial charge on any atom is -0.492 e. The Kier molecular flexibility index (Phi) is 11.2. The van der Waals surface area contributed by atoms with Gasteiger partial charge >= 0.3 is 0 Å². The number of ether oxygens (including phenoxy) is 1. The number of hydrogen-bond donors (Lipinski definition) is 1. The standard InChI is InChI=1S/C31H38ClN3O5S/c1-6-23(4)33-31(37)24(5)34(20-25-12-10-11-22(3)19-25)30(36)21-35(28-13-8-9-14-29(28)40-7-2)41(38,39)27-17-15-26(32)16-18-27/h8-19,23-24H,6-7,20-21H2,1-5H3,(H,33,37)/t23-,24+/m0/s1. The van der Waals surface area contributed by atoms with Crippen molar-refractivity contribution >= 4 is 39.1 Å². The van der Waals surface area contributed by atoms with Crippen molar-refractivity contribution in [1.82, 2.24) is 10.2 Å². The third-order valence-electron chi connectivity index (χ3n) is 6.72. The molecule has 1 N–H and O–H groups in total. The Morgan fingerprint density at radius 1 is 0.976 bits per heavy atom. The fraction of sp³-hybridized carbons (Fsp3) is 0.355. The molecule has 2 atom stereocenters. The van der Waals surface area contributed by atoms with Crippen molar-refractivity contribution in [3.63, 3.8) is 0 Å². The van der Waals surface area contributed by atoms with Crippen molar-refractivity contribution in [3.05, 3.63) is 88.9 Å². The second kappa shape index (κ2) is 14.4. The van der Waals surface area contributed by atoms with Gasteiger partial charge in [0, 0.05) is 17.6 Å². The molecule has 220 valence electrons. The number of benzene rings is 3. The van der Waals surface area contributed by atoms with E-state index in [1.54, 1.807) is 38.1 Å². The molecule has 0 aromatic heterocycles. The van der Waals surface area contributed by atoms with Gasteiger partial charge in [-0.05, 0) is 76.1 Å². The molecule has 10 heteroatoms. The Morgan fingerprint density at radius 2 is 1.66 bits per heavy atom. The maximum atomic E-state index is 14.1. The third kappa shape index (κ3) is 8.24. The first-order valence-electron chi connectivity index (χ1n) is 13.6. The Labute approximate surface area is 248 Å². The van der Waals surface area contributed by atoms with Gasteiger partial charge in [0.1, 0.15) is 18.3 Å². The fourth-order valence-corrected chi connectivity index (χ4v) is 5.79. The second-order valence-electron chi connectivity index (χ2n) is 9.87. The van der Waals surface area contributed by atoms with E-state index in [9.17, 15) is 18.0 Å². The smallest absolute Gasteiger partial charge is 0.264 e. The number of rotatable bonds is 13. The summed E-state index contributed by atoms with van der Waals surface area (Å²) in [4.78, 5) is 28.7. The number of sulfonamides is 1. The van der Waals surface area contributed by atoms with Crippen molar-refractivity contribution in [1.29, 1.82) is 0 Å². The molecule has 0 aliphatic carbocycles. The second-order valence-corrected chi connectivity index (χ2v) is 12.2. The molecule has 0 radical (unpaired) electrons. The number of halogens is 1. The molecule has 0 saturated carbocycles. The average Bonchev–Trinajstić information content (AvgIpc) is 2.95. The van der Waals surface area contributed by atoms with Crippen molar-refractivity contribution in [3.8, 4) is 5.75 Å². The van der Waals surface area contributed by atoms with Crippen LogP contribution in [0.25, 0.3) is 0 Å². The third-order valence-corrected chi connectivity index (χ3v) is 8.74. The quantitative estimate of drug-likeness (QED) is 0.277. The highest BCUT2D eigenvalue weighted by Crippen LogP contribution is 2.33. The molecule has 3 aromatic carbocycles. The number of aryl methyl sites for hydroxylation is 1. The van der Waals surface area contributed by atoms with Crippen LogP contribution in [0.15, 0.2) is 77.7 Å². The molecule has 41 heavy (non-hydrogen) atoms. The zero-order valence-corrected chi connectivity index (χ0v) is 25.7.